The van der Waals surface area contributed by atoms with Crippen molar-refractivity contribution in [1.82, 2.24) is 14.5 Å². The van der Waals surface area contributed by atoms with Crippen molar-refractivity contribution >= 4 is 11.0 Å². The molecule has 0 amide bonds. The van der Waals surface area contributed by atoms with Crippen LogP contribution in [-0.2, 0) is 21.1 Å². The third-order valence-corrected chi connectivity index (χ3v) is 13.3. The van der Waals surface area contributed by atoms with Crippen LogP contribution in [0.3, 0.4) is 0 Å². The van der Waals surface area contributed by atoms with E-state index in [0.29, 0.717) is 11.4 Å². The van der Waals surface area contributed by atoms with Crippen LogP contribution >= 0.6 is 0 Å². The Kier molecular flexibility index (Phi) is 13.3. The van der Waals surface area contributed by atoms with Gasteiger partial charge in [0.05, 0.1) is 22.3 Å². The fourth-order valence-electron chi connectivity index (χ4n) is 9.23. The summed E-state index contributed by atoms with van der Waals surface area (Å²) >= 11 is 0. The Morgan fingerprint density at radius 1 is 0.522 bits per heavy atom. The van der Waals surface area contributed by atoms with Crippen molar-refractivity contribution in [3.8, 4) is 78.6 Å². The number of phenols is 1. The molecule has 0 unspecified atom stereocenters. The Morgan fingerprint density at radius 2 is 1.14 bits per heavy atom. The number of hydrogen-bond acceptors (Lipinski definition) is 3. The molecular formula is C64H64N3OPt-. The monoisotopic (exact) mass is 1090 g/mol. The predicted molar refractivity (Wildman–Crippen MR) is 287 cm³/mol. The van der Waals surface area contributed by atoms with Gasteiger partial charge in [-0.3, -0.25) is 9.55 Å². The Bertz CT molecular complexity index is 3410. The minimum Gasteiger partial charge on any atom is -0.507 e. The molecule has 0 fully saturated rings. The number of hydrogen-bond donors (Lipinski definition) is 1. The first-order chi connectivity index (χ1) is 33.5. The summed E-state index contributed by atoms with van der Waals surface area (Å²) in [5.41, 5.74) is 18.4. The molecule has 352 valence electrons. The van der Waals surface area contributed by atoms with Crippen LogP contribution in [0.15, 0.2) is 152 Å². The number of fused-ring (bicyclic) bond motifs is 1. The molecule has 7 aromatic carbocycles. The van der Waals surface area contributed by atoms with Gasteiger partial charge >= 0.3 is 0 Å². The van der Waals surface area contributed by atoms with Crippen molar-refractivity contribution in [1.29, 1.82) is 0 Å². The van der Waals surface area contributed by atoms with Crippen LogP contribution in [0.2, 0.25) is 0 Å². The smallest absolute Gasteiger partial charge is 0.148 e. The number of aromatic nitrogens is 3. The molecule has 0 radical (unpaired) electrons. The van der Waals surface area contributed by atoms with Gasteiger partial charge in [0.25, 0.3) is 0 Å². The zero-order valence-electron chi connectivity index (χ0n) is 44.7. The Morgan fingerprint density at radius 3 is 1.78 bits per heavy atom. The Balaban J connectivity index is 0.00000693. The van der Waals surface area contributed by atoms with Gasteiger partial charge in [-0.2, -0.15) is 0 Å². The minimum atomic E-state index is -0.846. The molecule has 2 heterocycles. The molecule has 0 spiro atoms. The maximum atomic E-state index is 12.3. The van der Waals surface area contributed by atoms with Crippen molar-refractivity contribution < 1.29 is 30.3 Å². The molecule has 5 heteroatoms. The number of aryl methyl sites for hydroxylation is 1. The van der Waals surface area contributed by atoms with Crippen LogP contribution in [0.1, 0.15) is 136 Å². The van der Waals surface area contributed by atoms with Crippen molar-refractivity contribution in [3.05, 3.63) is 191 Å². The second-order valence-electron chi connectivity index (χ2n) is 19.6. The SMILES string of the molecule is [2H]C(C)(C)c1ccc(-c2ccnc(-c3[c-]c(-c4cccc5c4nc(-c4cc(C(C)C)cc(C(C)C)c4O)n5-c4ccc(-c5cc(C([2H])(C)C)cc(C([2H])(C)C)c5)cc4C)cc(-c4ccccc4)c3)c2)cc1.[Pt]. The van der Waals surface area contributed by atoms with Gasteiger partial charge in [0.15, 0.2) is 0 Å². The number of phenolic OH excluding ortho intramolecular Hbond substituents is 1. The number of rotatable bonds is 12. The predicted octanol–water partition coefficient (Wildman–Crippen LogP) is 17.9. The number of para-hydroxylation sites is 1. The van der Waals surface area contributed by atoms with E-state index in [1.165, 1.54) is 0 Å². The van der Waals surface area contributed by atoms with E-state index in [0.717, 1.165) is 106 Å². The van der Waals surface area contributed by atoms with E-state index in [1.807, 2.05) is 78.1 Å². The average Bonchev–Trinajstić information content (AvgIpc) is 3.72. The second-order valence-corrected chi connectivity index (χ2v) is 19.6. The first-order valence-electron chi connectivity index (χ1n) is 25.4. The molecule has 9 aromatic rings. The first-order valence-corrected chi connectivity index (χ1v) is 23.9. The maximum Gasteiger partial charge on any atom is 0.148 e. The molecule has 0 saturated heterocycles. The Labute approximate surface area is 429 Å². The molecule has 0 atom stereocenters. The van der Waals surface area contributed by atoms with Crippen LogP contribution in [-0.4, -0.2) is 19.6 Å². The van der Waals surface area contributed by atoms with E-state index < -0.39 is 17.7 Å². The van der Waals surface area contributed by atoms with E-state index in [-0.39, 0.29) is 38.7 Å². The largest absolute Gasteiger partial charge is 0.507 e. The third-order valence-electron chi connectivity index (χ3n) is 13.3. The molecule has 2 aromatic heterocycles. The summed E-state index contributed by atoms with van der Waals surface area (Å²) in [6.07, 6.45) is 1.85. The standard InChI is InChI=1S/C64H64N3O.Pt/c1-38(2)44-20-22-46(23-21-44)48-26-27-65-59(37-48)55-33-52(45-16-13-12-14-17-45)32-54(34-55)56-18-15-19-61-62(56)66-64(58-36-51(41(7)8)35-57(42(9)10)63(58)68)67(61)60-25-24-47(28-43(60)11)53-30-49(39(3)4)29-50(31-53)40(5)6;/h12-33,35-42,68H,1-11H3;/q-1;/i38D,39D,40D;. The average molecular weight is 1090 g/mol. The summed E-state index contributed by atoms with van der Waals surface area (Å²) < 4.78 is 28.6. The maximum absolute atomic E-state index is 12.3. The van der Waals surface area contributed by atoms with E-state index in [1.54, 1.807) is 0 Å². The topological polar surface area (TPSA) is 50.9 Å². The van der Waals surface area contributed by atoms with Gasteiger partial charge in [0.1, 0.15) is 11.6 Å². The molecule has 69 heavy (non-hydrogen) atoms. The van der Waals surface area contributed by atoms with E-state index in [4.69, 9.17) is 14.1 Å². The molecule has 1 N–H and O–H groups in total. The molecule has 0 aliphatic rings. The molecule has 0 aliphatic carbocycles. The van der Waals surface area contributed by atoms with E-state index >= 15 is 0 Å². The summed E-state index contributed by atoms with van der Waals surface area (Å²) in [5, 5.41) is 12.3. The summed E-state index contributed by atoms with van der Waals surface area (Å²) in [7, 11) is 0. The molecular weight excluding hydrogens is 1020 g/mol. The number of pyridine rings is 1. The number of aromatic hydroxyl groups is 1. The van der Waals surface area contributed by atoms with Gasteiger partial charge in [-0.05, 0) is 128 Å². The van der Waals surface area contributed by atoms with Crippen LogP contribution in [0, 0.1) is 13.0 Å². The van der Waals surface area contributed by atoms with Gasteiger partial charge in [0.2, 0.25) is 0 Å². The van der Waals surface area contributed by atoms with Gasteiger partial charge in [-0.15, -0.1) is 23.8 Å². The van der Waals surface area contributed by atoms with Crippen molar-refractivity contribution in [2.75, 3.05) is 0 Å². The molecule has 0 aliphatic heterocycles. The number of imidazole rings is 1. The molecule has 0 saturated carbocycles. The van der Waals surface area contributed by atoms with Gasteiger partial charge in [0, 0.05) is 37.1 Å². The van der Waals surface area contributed by atoms with Crippen molar-refractivity contribution in [2.24, 2.45) is 0 Å². The van der Waals surface area contributed by atoms with E-state index in [2.05, 4.69) is 161 Å². The quantitative estimate of drug-likeness (QED) is 0.124. The summed E-state index contributed by atoms with van der Waals surface area (Å²) in [5.74, 6) is -1.25. The second kappa shape index (κ2) is 20.3. The van der Waals surface area contributed by atoms with Gasteiger partial charge in [-0.1, -0.05) is 189 Å². The number of nitrogens with zero attached hydrogens (tertiary/aromatic N) is 3. The normalized spacial score (nSPS) is 12.8. The zero-order chi connectivity index (χ0) is 50.7. The summed E-state index contributed by atoms with van der Waals surface area (Å²) in [6, 6.07) is 54.0. The molecule has 4 nitrogen and oxygen atoms in total. The molecule has 0 bridgehead atoms. The van der Waals surface area contributed by atoms with Crippen LogP contribution in [0.5, 0.6) is 5.75 Å². The van der Waals surface area contributed by atoms with Crippen molar-refractivity contribution in [2.45, 2.75) is 106 Å². The summed E-state index contributed by atoms with van der Waals surface area (Å²) in [4.78, 5) is 10.5. The fourth-order valence-corrected chi connectivity index (χ4v) is 9.23. The fraction of sp³-hybridized carbons (Fsp3) is 0.250. The van der Waals surface area contributed by atoms with Gasteiger partial charge < -0.3 is 5.11 Å². The van der Waals surface area contributed by atoms with Gasteiger partial charge in [-0.25, -0.2) is 4.98 Å². The first kappa shape index (κ1) is 45.1. The minimum absolute atomic E-state index is 0. The van der Waals surface area contributed by atoms with Crippen LogP contribution in [0.25, 0.3) is 83.9 Å². The summed E-state index contributed by atoms with van der Waals surface area (Å²) in [6.45, 7) is 22.1. The van der Waals surface area contributed by atoms with E-state index in [9.17, 15) is 5.11 Å². The zero-order valence-corrected chi connectivity index (χ0v) is 44.0. The molecule has 9 rings (SSSR count). The third kappa shape index (κ3) is 9.93. The van der Waals surface area contributed by atoms with Crippen molar-refractivity contribution in [3.63, 3.8) is 0 Å². The number of benzene rings is 7. The van der Waals surface area contributed by atoms with Crippen LogP contribution < -0.4 is 0 Å². The van der Waals surface area contributed by atoms with Crippen LogP contribution in [0.4, 0.5) is 0 Å². The Hall–Kier alpha value is -6.35.